The summed E-state index contributed by atoms with van der Waals surface area (Å²) >= 11 is 5.88. The molecule has 1 aromatic carbocycles. The smallest absolute Gasteiger partial charge is 0.260 e. The number of nitrogens with one attached hydrogen (secondary N) is 2. The van der Waals surface area contributed by atoms with E-state index in [9.17, 15) is 4.79 Å². The lowest BCUT2D eigenvalue weighted by molar-refractivity contribution is -0.127. The maximum atomic E-state index is 11.9. The first-order valence-corrected chi connectivity index (χ1v) is 7.46. The van der Waals surface area contributed by atoms with Crippen molar-refractivity contribution in [2.24, 2.45) is 0 Å². The van der Waals surface area contributed by atoms with Crippen LogP contribution in [0.15, 0.2) is 24.3 Å². The van der Waals surface area contributed by atoms with Crippen molar-refractivity contribution in [3.63, 3.8) is 0 Å². The van der Waals surface area contributed by atoms with Crippen LogP contribution in [0.3, 0.4) is 0 Å². The molecule has 2 atom stereocenters. The zero-order valence-corrected chi connectivity index (χ0v) is 12.5. The Morgan fingerprint density at radius 3 is 3.15 bits per heavy atom. The first kappa shape index (κ1) is 15.1. The Morgan fingerprint density at radius 1 is 1.60 bits per heavy atom. The van der Waals surface area contributed by atoms with E-state index >= 15 is 0 Å². The Morgan fingerprint density at radius 2 is 2.45 bits per heavy atom. The van der Waals surface area contributed by atoms with Gasteiger partial charge in [-0.25, -0.2) is 0 Å². The van der Waals surface area contributed by atoms with Gasteiger partial charge in [-0.05, 0) is 50.9 Å². The lowest BCUT2D eigenvalue weighted by Gasteiger charge is -2.16. The quantitative estimate of drug-likeness (QED) is 0.847. The molecule has 0 radical (unpaired) electrons. The molecule has 0 saturated carbocycles. The second kappa shape index (κ2) is 7.50. The number of carbonyl (C=O) groups is 1. The van der Waals surface area contributed by atoms with Gasteiger partial charge in [0.15, 0.2) is 6.10 Å². The highest BCUT2D eigenvalue weighted by Gasteiger charge is 2.17. The molecule has 20 heavy (non-hydrogen) atoms. The van der Waals surface area contributed by atoms with Crippen LogP contribution in [0.5, 0.6) is 5.75 Å². The highest BCUT2D eigenvalue weighted by molar-refractivity contribution is 6.30. The van der Waals surface area contributed by atoms with E-state index in [4.69, 9.17) is 16.3 Å². The highest BCUT2D eigenvalue weighted by Crippen LogP contribution is 2.18. The first-order chi connectivity index (χ1) is 9.65. The fourth-order valence-electron chi connectivity index (χ4n) is 2.31. The van der Waals surface area contributed by atoms with Gasteiger partial charge in [-0.1, -0.05) is 17.7 Å². The van der Waals surface area contributed by atoms with Crippen molar-refractivity contribution in [1.82, 2.24) is 10.6 Å². The molecular weight excluding hydrogens is 276 g/mol. The monoisotopic (exact) mass is 296 g/mol. The minimum atomic E-state index is -0.523. The second-order valence-corrected chi connectivity index (χ2v) is 5.53. The van der Waals surface area contributed by atoms with Crippen molar-refractivity contribution in [1.29, 1.82) is 0 Å². The SMILES string of the molecule is CC(Oc1cccc(Cl)c1)C(=O)NCC[C@H]1CCCN1. The molecule has 1 fully saturated rings. The molecule has 0 spiro atoms. The van der Waals surface area contributed by atoms with Crippen LogP contribution in [0.25, 0.3) is 0 Å². The van der Waals surface area contributed by atoms with Gasteiger partial charge in [-0.2, -0.15) is 0 Å². The minimum Gasteiger partial charge on any atom is -0.481 e. The molecule has 1 aromatic rings. The third-order valence-electron chi connectivity index (χ3n) is 3.43. The van der Waals surface area contributed by atoms with Gasteiger partial charge in [0.2, 0.25) is 0 Å². The number of carbonyl (C=O) groups excluding carboxylic acids is 1. The number of amides is 1. The third kappa shape index (κ3) is 4.69. The summed E-state index contributed by atoms with van der Waals surface area (Å²) in [4.78, 5) is 11.9. The average Bonchev–Trinajstić information content (AvgIpc) is 2.91. The summed E-state index contributed by atoms with van der Waals surface area (Å²) in [6.45, 7) is 3.51. The van der Waals surface area contributed by atoms with Gasteiger partial charge in [0.05, 0.1) is 0 Å². The molecule has 1 heterocycles. The second-order valence-electron chi connectivity index (χ2n) is 5.09. The summed E-state index contributed by atoms with van der Waals surface area (Å²) in [7, 11) is 0. The molecule has 0 bridgehead atoms. The fraction of sp³-hybridized carbons (Fsp3) is 0.533. The molecule has 2 N–H and O–H groups in total. The molecule has 2 rings (SSSR count). The molecular formula is C15H21ClN2O2. The zero-order chi connectivity index (χ0) is 14.4. The number of rotatable bonds is 6. The van der Waals surface area contributed by atoms with Crippen molar-refractivity contribution >= 4 is 17.5 Å². The van der Waals surface area contributed by atoms with Crippen LogP contribution in [0.1, 0.15) is 26.2 Å². The lowest BCUT2D eigenvalue weighted by Crippen LogP contribution is -2.38. The normalized spacial score (nSPS) is 19.6. The molecule has 1 aliphatic rings. The number of hydrogen-bond donors (Lipinski definition) is 2. The molecule has 0 aliphatic carbocycles. The van der Waals surface area contributed by atoms with Crippen LogP contribution in [0.4, 0.5) is 0 Å². The Hall–Kier alpha value is -1.26. The van der Waals surface area contributed by atoms with Gasteiger partial charge < -0.3 is 15.4 Å². The van der Waals surface area contributed by atoms with Gasteiger partial charge in [0.1, 0.15) is 5.75 Å². The van der Waals surface area contributed by atoms with E-state index in [1.165, 1.54) is 12.8 Å². The molecule has 1 saturated heterocycles. The van der Waals surface area contributed by atoms with Gasteiger partial charge in [0, 0.05) is 17.6 Å². The Balaban J connectivity index is 1.71. The molecule has 0 aromatic heterocycles. The molecule has 4 nitrogen and oxygen atoms in total. The van der Waals surface area contributed by atoms with Crippen LogP contribution in [-0.4, -0.2) is 31.1 Å². The van der Waals surface area contributed by atoms with E-state index < -0.39 is 6.10 Å². The van der Waals surface area contributed by atoms with Crippen molar-refractivity contribution in [3.05, 3.63) is 29.3 Å². The predicted molar refractivity (Wildman–Crippen MR) is 80.2 cm³/mol. The topological polar surface area (TPSA) is 50.4 Å². The highest BCUT2D eigenvalue weighted by atomic mass is 35.5. The number of halogens is 1. The summed E-state index contributed by atoms with van der Waals surface area (Å²) in [5.74, 6) is 0.514. The Labute approximate surface area is 124 Å². The summed E-state index contributed by atoms with van der Waals surface area (Å²) in [5, 5.41) is 6.92. The minimum absolute atomic E-state index is 0.0945. The van der Waals surface area contributed by atoms with Crippen LogP contribution in [0.2, 0.25) is 5.02 Å². The number of benzene rings is 1. The van der Waals surface area contributed by atoms with Crippen molar-refractivity contribution < 1.29 is 9.53 Å². The van der Waals surface area contributed by atoms with E-state index in [0.717, 1.165) is 13.0 Å². The van der Waals surface area contributed by atoms with E-state index in [0.29, 0.717) is 23.4 Å². The van der Waals surface area contributed by atoms with Crippen LogP contribution < -0.4 is 15.4 Å². The fourth-order valence-corrected chi connectivity index (χ4v) is 2.49. The van der Waals surface area contributed by atoms with Crippen LogP contribution in [0, 0.1) is 0 Å². The van der Waals surface area contributed by atoms with Gasteiger partial charge in [0.25, 0.3) is 5.91 Å². The predicted octanol–water partition coefficient (Wildman–Crippen LogP) is 2.37. The van der Waals surface area contributed by atoms with E-state index in [1.807, 2.05) is 0 Å². The summed E-state index contributed by atoms with van der Waals surface area (Å²) in [5.41, 5.74) is 0. The number of hydrogen-bond acceptors (Lipinski definition) is 3. The molecule has 5 heteroatoms. The van der Waals surface area contributed by atoms with Crippen molar-refractivity contribution in [2.45, 2.75) is 38.3 Å². The molecule has 1 unspecified atom stereocenters. The standard InChI is InChI=1S/C15H21ClN2O2/c1-11(20-14-6-2-4-12(16)10-14)15(19)18-9-7-13-5-3-8-17-13/h2,4,6,10-11,13,17H,3,5,7-9H2,1H3,(H,18,19)/t11?,13-/m1/s1. The molecule has 1 amide bonds. The maximum Gasteiger partial charge on any atom is 0.260 e. The maximum absolute atomic E-state index is 11.9. The van der Waals surface area contributed by atoms with Crippen molar-refractivity contribution in [2.75, 3.05) is 13.1 Å². The van der Waals surface area contributed by atoms with E-state index in [2.05, 4.69) is 10.6 Å². The van der Waals surface area contributed by atoms with Crippen LogP contribution >= 0.6 is 11.6 Å². The van der Waals surface area contributed by atoms with Gasteiger partial charge in [-0.3, -0.25) is 4.79 Å². The zero-order valence-electron chi connectivity index (χ0n) is 11.7. The molecule has 1 aliphatic heterocycles. The first-order valence-electron chi connectivity index (χ1n) is 7.08. The van der Waals surface area contributed by atoms with E-state index in [1.54, 1.807) is 31.2 Å². The molecule has 110 valence electrons. The van der Waals surface area contributed by atoms with Gasteiger partial charge >= 0.3 is 0 Å². The third-order valence-corrected chi connectivity index (χ3v) is 3.67. The number of ether oxygens (including phenoxy) is 1. The largest absolute Gasteiger partial charge is 0.481 e. The summed E-state index contributed by atoms with van der Waals surface area (Å²) in [6.07, 6.45) is 2.87. The summed E-state index contributed by atoms with van der Waals surface area (Å²) in [6, 6.07) is 7.60. The Kier molecular flexibility index (Phi) is 5.68. The lowest BCUT2D eigenvalue weighted by atomic mass is 10.1. The van der Waals surface area contributed by atoms with E-state index in [-0.39, 0.29) is 5.91 Å². The average molecular weight is 297 g/mol. The summed E-state index contributed by atoms with van der Waals surface area (Å²) < 4.78 is 5.57. The van der Waals surface area contributed by atoms with Crippen LogP contribution in [-0.2, 0) is 4.79 Å². The van der Waals surface area contributed by atoms with Gasteiger partial charge in [-0.15, -0.1) is 0 Å². The van der Waals surface area contributed by atoms with Crippen molar-refractivity contribution in [3.8, 4) is 5.75 Å². The Bertz CT molecular complexity index is 447.